The van der Waals surface area contributed by atoms with Crippen LogP contribution in [0.2, 0.25) is 6.04 Å². The first-order chi connectivity index (χ1) is 17.4. The molecule has 1 heterocycles. The fourth-order valence-corrected chi connectivity index (χ4v) is 7.11. The first-order valence-electron chi connectivity index (χ1n) is 12.6. The molecule has 0 saturated heterocycles. The van der Waals surface area contributed by atoms with E-state index in [4.69, 9.17) is 17.7 Å². The van der Waals surface area contributed by atoms with Gasteiger partial charge in [0, 0.05) is 87.5 Å². The van der Waals surface area contributed by atoms with Crippen LogP contribution < -0.4 is 20.6 Å². The molecule has 0 atom stereocenters. The van der Waals surface area contributed by atoms with Crippen molar-refractivity contribution >= 4 is 53.2 Å². The molecule has 0 aliphatic carbocycles. The summed E-state index contributed by atoms with van der Waals surface area (Å²) < 4.78 is 24.3. The van der Waals surface area contributed by atoms with Crippen LogP contribution in [0.25, 0.3) is 33.0 Å². The monoisotopic (exact) mass is 510 g/mol. The van der Waals surface area contributed by atoms with E-state index >= 15 is 0 Å². The third-order valence-electron chi connectivity index (χ3n) is 6.10. The van der Waals surface area contributed by atoms with Crippen LogP contribution >= 0.6 is 0 Å². The van der Waals surface area contributed by atoms with Crippen LogP contribution in [0.15, 0.2) is 51.7 Å². The van der Waals surface area contributed by atoms with Crippen molar-refractivity contribution in [1.82, 2.24) is 0 Å². The highest BCUT2D eigenvalue weighted by Gasteiger charge is 2.39. The van der Waals surface area contributed by atoms with Crippen molar-refractivity contribution in [3.05, 3.63) is 52.7 Å². The summed E-state index contributed by atoms with van der Waals surface area (Å²) in [5.41, 5.74) is 5.02. The van der Waals surface area contributed by atoms with Crippen LogP contribution in [0.1, 0.15) is 27.2 Å². The van der Waals surface area contributed by atoms with Crippen LogP contribution in [-0.4, -0.2) is 49.3 Å². The number of rotatable bonds is 12. The SMILES string of the molecule is CCO[Si](CCCNc1cc2oc3cc(N(C)C)ccc3[nH+]c2c2cc(=O)ccc12)(OCC)OCC. The summed E-state index contributed by atoms with van der Waals surface area (Å²) in [4.78, 5) is 17.8. The Morgan fingerprint density at radius 1 is 0.917 bits per heavy atom. The minimum atomic E-state index is -2.69. The average molecular weight is 511 g/mol. The smallest absolute Gasteiger partial charge is 0.443 e. The number of benzene rings is 3. The number of anilines is 2. The second-order valence-electron chi connectivity index (χ2n) is 8.82. The Balaban J connectivity index is 1.67. The van der Waals surface area contributed by atoms with E-state index in [-0.39, 0.29) is 5.43 Å². The summed E-state index contributed by atoms with van der Waals surface area (Å²) in [6, 6.07) is 13.9. The van der Waals surface area contributed by atoms with Gasteiger partial charge in [-0.3, -0.25) is 4.79 Å². The lowest BCUT2D eigenvalue weighted by Crippen LogP contribution is -2.46. The molecule has 8 nitrogen and oxygen atoms in total. The standard InChI is InChI=1S/C27H35N3O5Si/c1-6-32-36(33-7-2,34-8-3)15-9-14-28-24-18-26-27(22-17-20(31)11-12-21(22)24)29-23-13-10-19(30(4)5)16-25(23)35-26/h10-13,16-18,28H,6-9,14-15H2,1-5H3/p+1. The molecule has 3 aromatic carbocycles. The highest BCUT2D eigenvalue weighted by molar-refractivity contribution is 6.60. The van der Waals surface area contributed by atoms with Gasteiger partial charge in [0.2, 0.25) is 16.7 Å². The lowest BCUT2D eigenvalue weighted by atomic mass is 10.1. The van der Waals surface area contributed by atoms with E-state index in [2.05, 4.69) is 10.3 Å². The summed E-state index contributed by atoms with van der Waals surface area (Å²) in [5, 5.41) is 5.33. The van der Waals surface area contributed by atoms with Gasteiger partial charge in [0.05, 0.1) is 5.39 Å². The normalized spacial score (nSPS) is 12.0. The summed E-state index contributed by atoms with van der Waals surface area (Å²) in [6.07, 6.45) is 0.818. The maximum atomic E-state index is 12.3. The second kappa shape index (κ2) is 11.4. The Morgan fingerprint density at radius 3 is 2.31 bits per heavy atom. The lowest BCUT2D eigenvalue weighted by molar-refractivity contribution is -0.310. The van der Waals surface area contributed by atoms with Crippen LogP contribution in [-0.2, 0) is 13.3 Å². The molecular weight excluding hydrogens is 474 g/mol. The number of hydrogen-bond donors (Lipinski definition) is 1. The zero-order valence-corrected chi connectivity index (χ0v) is 22.8. The Labute approximate surface area is 212 Å². The quantitative estimate of drug-likeness (QED) is 0.126. The lowest BCUT2D eigenvalue weighted by Gasteiger charge is -2.28. The van der Waals surface area contributed by atoms with Gasteiger partial charge in [-0.2, -0.15) is 4.98 Å². The van der Waals surface area contributed by atoms with Gasteiger partial charge in [-0.1, -0.05) is 0 Å². The molecule has 0 spiro atoms. The molecule has 0 radical (unpaired) electrons. The molecule has 0 aliphatic heterocycles. The summed E-state index contributed by atoms with van der Waals surface area (Å²) in [6.45, 7) is 8.29. The zero-order chi connectivity index (χ0) is 25.7. The van der Waals surface area contributed by atoms with E-state index in [0.717, 1.165) is 51.2 Å². The third kappa shape index (κ3) is 5.54. The molecule has 0 saturated carbocycles. The van der Waals surface area contributed by atoms with Crippen LogP contribution in [0.3, 0.4) is 0 Å². The predicted molar refractivity (Wildman–Crippen MR) is 147 cm³/mol. The van der Waals surface area contributed by atoms with E-state index in [0.29, 0.717) is 31.9 Å². The molecule has 0 unspecified atom stereocenters. The molecule has 9 heteroatoms. The number of nitrogens with one attached hydrogen (secondary N) is 2. The number of fused-ring (bicyclic) bond motifs is 4. The molecule has 1 aromatic heterocycles. The van der Waals surface area contributed by atoms with Gasteiger partial charge in [-0.15, -0.1) is 0 Å². The molecule has 2 N–H and O–H groups in total. The largest absolute Gasteiger partial charge is 0.500 e. The maximum Gasteiger partial charge on any atom is 0.500 e. The third-order valence-corrected chi connectivity index (χ3v) is 9.25. The van der Waals surface area contributed by atoms with E-state index in [9.17, 15) is 4.79 Å². The zero-order valence-electron chi connectivity index (χ0n) is 21.8. The number of hydrogen-bond acceptors (Lipinski definition) is 7. The first kappa shape index (κ1) is 26.1. The van der Waals surface area contributed by atoms with Crippen molar-refractivity contribution in [2.75, 3.05) is 50.7 Å². The first-order valence-corrected chi connectivity index (χ1v) is 14.5. The molecule has 0 bridgehead atoms. The minimum Gasteiger partial charge on any atom is -0.443 e. The van der Waals surface area contributed by atoms with Gasteiger partial charge in [0.1, 0.15) is 0 Å². The van der Waals surface area contributed by atoms with Crippen LogP contribution in [0.4, 0.5) is 11.4 Å². The Bertz CT molecular complexity index is 1390. The fraction of sp³-hybridized carbons (Fsp3) is 0.407. The molecule has 192 valence electrons. The molecule has 0 amide bonds. The van der Waals surface area contributed by atoms with Gasteiger partial charge in [0.15, 0.2) is 5.43 Å². The van der Waals surface area contributed by atoms with Gasteiger partial charge in [0.25, 0.3) is 5.52 Å². The maximum absolute atomic E-state index is 12.3. The van der Waals surface area contributed by atoms with Crippen LogP contribution in [0, 0.1) is 0 Å². The molecule has 4 aromatic rings. The van der Waals surface area contributed by atoms with Crippen LogP contribution in [0.5, 0.6) is 0 Å². The van der Waals surface area contributed by atoms with Gasteiger partial charge in [-0.05, 0) is 45.4 Å². The molecular formula is C27H36N3O5Si+. The van der Waals surface area contributed by atoms with Crippen molar-refractivity contribution in [2.24, 2.45) is 0 Å². The Morgan fingerprint density at radius 2 is 1.64 bits per heavy atom. The van der Waals surface area contributed by atoms with Gasteiger partial charge >= 0.3 is 8.80 Å². The van der Waals surface area contributed by atoms with E-state index in [1.807, 2.05) is 70.1 Å². The molecule has 0 aliphatic rings. The number of nitrogens with zero attached hydrogens (tertiary/aromatic N) is 1. The second-order valence-corrected chi connectivity index (χ2v) is 11.6. The summed E-state index contributed by atoms with van der Waals surface area (Å²) >= 11 is 0. The highest BCUT2D eigenvalue weighted by Crippen LogP contribution is 2.31. The molecule has 4 rings (SSSR count). The van der Waals surface area contributed by atoms with Gasteiger partial charge < -0.3 is 27.9 Å². The van der Waals surface area contributed by atoms with Gasteiger partial charge in [-0.25, -0.2) is 0 Å². The number of aromatic amines is 1. The summed E-state index contributed by atoms with van der Waals surface area (Å²) in [7, 11) is 1.30. The number of aromatic nitrogens is 1. The topological polar surface area (TPSA) is 87.3 Å². The van der Waals surface area contributed by atoms with Crippen molar-refractivity contribution in [1.29, 1.82) is 0 Å². The van der Waals surface area contributed by atoms with E-state index in [1.54, 1.807) is 12.1 Å². The van der Waals surface area contributed by atoms with Crippen molar-refractivity contribution in [3.8, 4) is 0 Å². The average Bonchev–Trinajstić information content (AvgIpc) is 2.85. The Hall–Kier alpha value is -2.98. The van der Waals surface area contributed by atoms with Crippen molar-refractivity contribution in [3.63, 3.8) is 0 Å². The summed E-state index contributed by atoms with van der Waals surface area (Å²) in [5.74, 6) is 0. The van der Waals surface area contributed by atoms with Crippen molar-refractivity contribution < 1.29 is 22.7 Å². The Kier molecular flexibility index (Phi) is 8.25. The molecule has 36 heavy (non-hydrogen) atoms. The van der Waals surface area contributed by atoms with E-state index < -0.39 is 8.80 Å². The predicted octanol–water partition coefficient (Wildman–Crippen LogP) is 4.83. The number of H-pyrrole nitrogens is 1. The van der Waals surface area contributed by atoms with E-state index in [1.165, 1.54) is 0 Å². The molecule has 0 fully saturated rings. The van der Waals surface area contributed by atoms with Crippen molar-refractivity contribution in [2.45, 2.75) is 33.2 Å². The highest BCUT2D eigenvalue weighted by atomic mass is 28.4. The minimum absolute atomic E-state index is 0.0432. The fourth-order valence-electron chi connectivity index (χ4n) is 4.49.